The third kappa shape index (κ3) is 2.41. The average Bonchev–Trinajstić information content (AvgIpc) is 2.69. The highest BCUT2D eigenvalue weighted by atomic mass is 79.9. The molecular formula is C14H9BrClFN2S. The van der Waals surface area contributed by atoms with Crippen LogP contribution in [-0.2, 0) is 6.54 Å². The van der Waals surface area contributed by atoms with Crippen molar-refractivity contribution in [3.05, 3.63) is 62.0 Å². The van der Waals surface area contributed by atoms with Gasteiger partial charge in [-0.3, -0.25) is 0 Å². The zero-order chi connectivity index (χ0) is 14.3. The highest BCUT2D eigenvalue weighted by molar-refractivity contribution is 9.10. The summed E-state index contributed by atoms with van der Waals surface area (Å²) in [6.07, 6.45) is 0. The van der Waals surface area contributed by atoms with E-state index in [4.69, 9.17) is 23.8 Å². The lowest BCUT2D eigenvalue weighted by Gasteiger charge is -2.07. The van der Waals surface area contributed by atoms with E-state index < -0.39 is 0 Å². The van der Waals surface area contributed by atoms with Crippen molar-refractivity contribution in [2.75, 3.05) is 0 Å². The molecule has 1 heterocycles. The molecule has 1 aromatic heterocycles. The summed E-state index contributed by atoms with van der Waals surface area (Å²) < 4.78 is 16.5. The lowest BCUT2D eigenvalue weighted by atomic mass is 10.2. The Balaban J connectivity index is 2.17. The predicted molar refractivity (Wildman–Crippen MR) is 85.3 cm³/mol. The molecule has 20 heavy (non-hydrogen) atoms. The predicted octanol–water partition coefficient (Wildman–Crippen LogP) is 5.30. The van der Waals surface area contributed by atoms with Crippen molar-refractivity contribution in [3.8, 4) is 0 Å². The second-order valence-electron chi connectivity index (χ2n) is 4.39. The molecule has 0 unspecified atom stereocenters. The molecule has 0 aliphatic heterocycles. The van der Waals surface area contributed by atoms with E-state index in [1.807, 2.05) is 28.8 Å². The van der Waals surface area contributed by atoms with Gasteiger partial charge in [0.05, 0.1) is 22.1 Å². The fraction of sp³-hybridized carbons (Fsp3) is 0.0714. The van der Waals surface area contributed by atoms with Crippen molar-refractivity contribution in [2.24, 2.45) is 0 Å². The maximum absolute atomic E-state index is 13.7. The van der Waals surface area contributed by atoms with E-state index in [9.17, 15) is 4.39 Å². The summed E-state index contributed by atoms with van der Waals surface area (Å²) in [5.41, 5.74) is 2.44. The average molecular weight is 372 g/mol. The lowest BCUT2D eigenvalue weighted by Crippen LogP contribution is -2.00. The molecule has 2 aromatic carbocycles. The second-order valence-corrected chi connectivity index (χ2v) is 6.04. The van der Waals surface area contributed by atoms with Crippen LogP contribution in [-0.4, -0.2) is 9.55 Å². The molecule has 0 saturated carbocycles. The number of nitrogens with one attached hydrogen (secondary N) is 1. The van der Waals surface area contributed by atoms with Gasteiger partial charge < -0.3 is 9.55 Å². The van der Waals surface area contributed by atoms with Crippen molar-refractivity contribution < 1.29 is 4.39 Å². The number of H-pyrrole nitrogens is 1. The Morgan fingerprint density at radius 2 is 2.05 bits per heavy atom. The van der Waals surface area contributed by atoms with Crippen molar-refractivity contribution in [3.63, 3.8) is 0 Å². The molecule has 0 saturated heterocycles. The maximum atomic E-state index is 13.7. The van der Waals surface area contributed by atoms with Gasteiger partial charge in [0.25, 0.3) is 0 Å². The van der Waals surface area contributed by atoms with Crippen LogP contribution in [0.1, 0.15) is 5.56 Å². The molecule has 0 radical (unpaired) electrons. The molecule has 0 atom stereocenters. The third-order valence-corrected chi connectivity index (χ3v) is 4.40. The van der Waals surface area contributed by atoms with Gasteiger partial charge in [0.2, 0.25) is 0 Å². The zero-order valence-electron chi connectivity index (χ0n) is 10.2. The summed E-state index contributed by atoms with van der Waals surface area (Å²) in [5, 5.41) is 0.668. The van der Waals surface area contributed by atoms with Crippen LogP contribution in [0.25, 0.3) is 11.0 Å². The van der Waals surface area contributed by atoms with Gasteiger partial charge >= 0.3 is 0 Å². The molecule has 2 nitrogen and oxygen atoms in total. The van der Waals surface area contributed by atoms with Gasteiger partial charge in [-0.15, -0.1) is 0 Å². The maximum Gasteiger partial charge on any atom is 0.178 e. The Kier molecular flexibility index (Phi) is 3.67. The largest absolute Gasteiger partial charge is 0.331 e. The number of benzene rings is 2. The SMILES string of the molecule is Fc1cc2c(cc1Br)[nH]c(=S)n2Cc1ccccc1Cl. The number of fused-ring (bicyclic) bond motifs is 1. The van der Waals surface area contributed by atoms with Crippen LogP contribution >= 0.6 is 39.7 Å². The van der Waals surface area contributed by atoms with E-state index >= 15 is 0 Å². The molecule has 3 rings (SSSR count). The second kappa shape index (κ2) is 5.31. The minimum Gasteiger partial charge on any atom is -0.331 e. The van der Waals surface area contributed by atoms with Crippen LogP contribution < -0.4 is 0 Å². The molecule has 0 fully saturated rings. The van der Waals surface area contributed by atoms with Gasteiger partial charge in [0.15, 0.2) is 4.77 Å². The summed E-state index contributed by atoms with van der Waals surface area (Å²) in [6, 6.07) is 10.7. The van der Waals surface area contributed by atoms with Gasteiger partial charge in [0, 0.05) is 11.1 Å². The van der Waals surface area contributed by atoms with E-state index in [2.05, 4.69) is 20.9 Å². The highest BCUT2D eigenvalue weighted by Crippen LogP contribution is 2.25. The number of aromatic amines is 1. The number of halogens is 3. The van der Waals surface area contributed by atoms with Gasteiger partial charge in [-0.25, -0.2) is 4.39 Å². The molecule has 3 aromatic rings. The van der Waals surface area contributed by atoms with E-state index in [1.165, 1.54) is 6.07 Å². The van der Waals surface area contributed by atoms with E-state index in [0.29, 0.717) is 20.8 Å². The highest BCUT2D eigenvalue weighted by Gasteiger charge is 2.10. The Morgan fingerprint density at radius 1 is 1.30 bits per heavy atom. The monoisotopic (exact) mass is 370 g/mol. The van der Waals surface area contributed by atoms with Crippen LogP contribution in [0.15, 0.2) is 40.9 Å². The standard InChI is InChI=1S/C14H9BrClFN2S/c15-9-5-12-13(6-11(9)17)19(14(20)18-12)7-8-3-1-2-4-10(8)16/h1-6H,7H2,(H,18,20). The van der Waals surface area contributed by atoms with Gasteiger partial charge in [-0.1, -0.05) is 29.8 Å². The Labute approximate surface area is 133 Å². The molecular weight excluding hydrogens is 363 g/mol. The van der Waals surface area contributed by atoms with E-state index in [0.717, 1.165) is 16.6 Å². The van der Waals surface area contributed by atoms with E-state index in [1.54, 1.807) is 6.07 Å². The number of hydrogen-bond donors (Lipinski definition) is 1. The minimum absolute atomic E-state index is 0.320. The van der Waals surface area contributed by atoms with Crippen molar-refractivity contribution in [1.82, 2.24) is 9.55 Å². The Morgan fingerprint density at radius 3 is 2.80 bits per heavy atom. The molecule has 0 aliphatic rings. The normalized spacial score (nSPS) is 11.2. The first-order valence-electron chi connectivity index (χ1n) is 5.87. The summed E-state index contributed by atoms with van der Waals surface area (Å²) in [6.45, 7) is 0.500. The van der Waals surface area contributed by atoms with Crippen LogP contribution in [0, 0.1) is 10.6 Å². The third-order valence-electron chi connectivity index (χ3n) is 3.10. The van der Waals surface area contributed by atoms with Gasteiger partial charge in [-0.05, 0) is 45.8 Å². The number of imidazole rings is 1. The van der Waals surface area contributed by atoms with Crippen LogP contribution in [0.3, 0.4) is 0 Å². The first kappa shape index (κ1) is 13.8. The topological polar surface area (TPSA) is 20.7 Å². The zero-order valence-corrected chi connectivity index (χ0v) is 13.3. The molecule has 102 valence electrons. The fourth-order valence-electron chi connectivity index (χ4n) is 2.11. The summed E-state index contributed by atoms with van der Waals surface area (Å²) in [4.78, 5) is 3.07. The molecule has 0 aliphatic carbocycles. The lowest BCUT2D eigenvalue weighted by molar-refractivity contribution is 0.622. The fourth-order valence-corrected chi connectivity index (χ4v) is 2.92. The molecule has 1 N–H and O–H groups in total. The summed E-state index contributed by atoms with van der Waals surface area (Å²) >= 11 is 14.6. The van der Waals surface area contributed by atoms with Gasteiger partial charge in [0.1, 0.15) is 5.82 Å². The number of rotatable bonds is 2. The van der Waals surface area contributed by atoms with Crippen molar-refractivity contribution in [2.45, 2.75) is 6.54 Å². The molecule has 0 amide bonds. The van der Waals surface area contributed by atoms with E-state index in [-0.39, 0.29) is 5.82 Å². The quantitative estimate of drug-likeness (QED) is 0.606. The molecule has 0 spiro atoms. The molecule has 0 bridgehead atoms. The summed E-state index contributed by atoms with van der Waals surface area (Å²) in [5.74, 6) is -0.320. The smallest absolute Gasteiger partial charge is 0.178 e. The van der Waals surface area contributed by atoms with Gasteiger partial charge in [-0.2, -0.15) is 0 Å². The number of aromatic nitrogens is 2. The Bertz CT molecular complexity index is 856. The Hall–Kier alpha value is -1.17. The van der Waals surface area contributed by atoms with Crippen LogP contribution in [0.5, 0.6) is 0 Å². The number of nitrogens with zero attached hydrogens (tertiary/aromatic N) is 1. The van der Waals surface area contributed by atoms with Crippen LogP contribution in [0.4, 0.5) is 4.39 Å². The summed E-state index contributed by atoms with van der Waals surface area (Å²) in [7, 11) is 0. The number of hydrogen-bond acceptors (Lipinski definition) is 1. The van der Waals surface area contributed by atoms with Crippen LogP contribution in [0.2, 0.25) is 5.02 Å². The van der Waals surface area contributed by atoms with Crippen molar-refractivity contribution >= 4 is 50.8 Å². The van der Waals surface area contributed by atoms with Crippen molar-refractivity contribution in [1.29, 1.82) is 0 Å². The first-order valence-corrected chi connectivity index (χ1v) is 7.45. The molecule has 6 heteroatoms. The minimum atomic E-state index is -0.320. The first-order chi connectivity index (χ1) is 9.56.